The normalized spacial score (nSPS) is 10.2. The Kier molecular flexibility index (Phi) is 3.39. The van der Waals surface area contributed by atoms with Gasteiger partial charge in [0.1, 0.15) is 5.75 Å². The van der Waals surface area contributed by atoms with E-state index in [0.717, 1.165) is 4.88 Å². The van der Waals surface area contributed by atoms with Gasteiger partial charge in [0.25, 0.3) is 5.91 Å². The van der Waals surface area contributed by atoms with Crippen LogP contribution in [0.5, 0.6) is 5.75 Å². The van der Waals surface area contributed by atoms with Crippen LogP contribution in [0.3, 0.4) is 0 Å². The molecular formula is C12H12N2O2S. The van der Waals surface area contributed by atoms with Gasteiger partial charge in [-0.1, -0.05) is 6.07 Å². The summed E-state index contributed by atoms with van der Waals surface area (Å²) in [5, 5.41) is 11.2. The first kappa shape index (κ1) is 11.6. The van der Waals surface area contributed by atoms with E-state index in [4.69, 9.17) is 0 Å². The molecule has 2 rings (SSSR count). The van der Waals surface area contributed by atoms with Gasteiger partial charge in [0.05, 0.1) is 18.3 Å². The summed E-state index contributed by atoms with van der Waals surface area (Å²) < 4.78 is 0. The summed E-state index contributed by atoms with van der Waals surface area (Å²) in [4.78, 5) is 18.5. The molecule has 0 aliphatic heterocycles. The monoisotopic (exact) mass is 248 g/mol. The molecule has 0 atom stereocenters. The number of nitrogens with zero attached hydrogens (tertiary/aromatic N) is 2. The first-order chi connectivity index (χ1) is 8.16. The molecule has 17 heavy (non-hydrogen) atoms. The third kappa shape index (κ3) is 2.82. The Morgan fingerprint density at radius 3 is 3.00 bits per heavy atom. The predicted molar refractivity (Wildman–Crippen MR) is 66.0 cm³/mol. The maximum Gasteiger partial charge on any atom is 0.255 e. The molecule has 0 aromatic carbocycles. The standard InChI is InChI=1S/C12H12N2O2S/c1-14(8-11-3-2-4-17-11)12(16)9-5-10(15)7-13-6-9/h2-7,15H,8H2,1H3. The number of carbonyl (C=O) groups excluding carboxylic acids is 1. The van der Waals surface area contributed by atoms with Gasteiger partial charge in [-0.2, -0.15) is 0 Å². The van der Waals surface area contributed by atoms with E-state index in [1.165, 1.54) is 18.5 Å². The number of amides is 1. The fourth-order valence-corrected chi connectivity index (χ4v) is 2.23. The summed E-state index contributed by atoms with van der Waals surface area (Å²) in [6, 6.07) is 5.35. The van der Waals surface area contributed by atoms with E-state index in [9.17, 15) is 9.90 Å². The predicted octanol–water partition coefficient (Wildman–Crippen LogP) is 2.12. The van der Waals surface area contributed by atoms with Crippen LogP contribution in [0.2, 0.25) is 0 Å². The highest BCUT2D eigenvalue weighted by Crippen LogP contribution is 2.14. The Labute approximate surface area is 103 Å². The lowest BCUT2D eigenvalue weighted by atomic mass is 10.2. The maximum absolute atomic E-state index is 12.0. The zero-order chi connectivity index (χ0) is 12.3. The fraction of sp³-hybridized carbons (Fsp3) is 0.167. The van der Waals surface area contributed by atoms with Gasteiger partial charge in [-0.05, 0) is 17.5 Å². The van der Waals surface area contributed by atoms with Crippen molar-refractivity contribution in [3.8, 4) is 5.75 Å². The Morgan fingerprint density at radius 1 is 1.53 bits per heavy atom. The van der Waals surface area contributed by atoms with Gasteiger partial charge in [-0.15, -0.1) is 11.3 Å². The second-order valence-corrected chi connectivity index (χ2v) is 4.70. The second kappa shape index (κ2) is 4.97. The zero-order valence-corrected chi connectivity index (χ0v) is 10.1. The molecule has 0 radical (unpaired) electrons. The Hall–Kier alpha value is -1.88. The topological polar surface area (TPSA) is 53.4 Å². The highest BCUT2D eigenvalue weighted by atomic mass is 32.1. The molecule has 88 valence electrons. The average Bonchev–Trinajstić information content (AvgIpc) is 2.80. The lowest BCUT2D eigenvalue weighted by Crippen LogP contribution is -2.25. The van der Waals surface area contributed by atoms with E-state index < -0.39 is 0 Å². The van der Waals surface area contributed by atoms with Crippen molar-refractivity contribution in [2.24, 2.45) is 0 Å². The molecule has 0 saturated heterocycles. The van der Waals surface area contributed by atoms with Crippen LogP contribution in [0.25, 0.3) is 0 Å². The molecule has 5 heteroatoms. The van der Waals surface area contributed by atoms with Crippen molar-refractivity contribution in [3.63, 3.8) is 0 Å². The molecule has 2 aromatic rings. The molecule has 2 heterocycles. The molecule has 4 nitrogen and oxygen atoms in total. The smallest absolute Gasteiger partial charge is 0.255 e. The number of pyridine rings is 1. The van der Waals surface area contributed by atoms with Crippen LogP contribution in [0.1, 0.15) is 15.2 Å². The van der Waals surface area contributed by atoms with Crippen molar-refractivity contribution in [2.45, 2.75) is 6.54 Å². The van der Waals surface area contributed by atoms with Gasteiger partial charge in [-0.3, -0.25) is 9.78 Å². The van der Waals surface area contributed by atoms with Gasteiger partial charge in [0.15, 0.2) is 0 Å². The van der Waals surface area contributed by atoms with E-state index >= 15 is 0 Å². The van der Waals surface area contributed by atoms with E-state index in [2.05, 4.69) is 4.98 Å². The van der Waals surface area contributed by atoms with Crippen molar-refractivity contribution >= 4 is 17.2 Å². The molecular weight excluding hydrogens is 236 g/mol. The molecule has 0 fully saturated rings. The number of thiophene rings is 1. The summed E-state index contributed by atoms with van der Waals surface area (Å²) in [5.74, 6) is -0.151. The molecule has 0 spiro atoms. The minimum atomic E-state index is -0.151. The van der Waals surface area contributed by atoms with Gasteiger partial charge in [0.2, 0.25) is 0 Å². The van der Waals surface area contributed by atoms with Gasteiger partial charge in [-0.25, -0.2) is 0 Å². The van der Waals surface area contributed by atoms with Crippen LogP contribution in [0.15, 0.2) is 36.0 Å². The Morgan fingerprint density at radius 2 is 2.35 bits per heavy atom. The Bertz CT molecular complexity index is 511. The number of hydrogen-bond donors (Lipinski definition) is 1. The third-order valence-electron chi connectivity index (χ3n) is 2.29. The van der Waals surface area contributed by atoms with Crippen LogP contribution in [-0.2, 0) is 6.54 Å². The SMILES string of the molecule is CN(Cc1cccs1)C(=O)c1cncc(O)c1. The van der Waals surface area contributed by atoms with Crippen molar-refractivity contribution in [3.05, 3.63) is 46.4 Å². The molecule has 0 unspecified atom stereocenters. The van der Waals surface area contributed by atoms with Gasteiger partial charge >= 0.3 is 0 Å². The molecule has 0 bridgehead atoms. The van der Waals surface area contributed by atoms with Gasteiger partial charge in [0, 0.05) is 18.1 Å². The van der Waals surface area contributed by atoms with Crippen LogP contribution in [0, 0.1) is 0 Å². The first-order valence-corrected chi connectivity index (χ1v) is 5.96. The largest absolute Gasteiger partial charge is 0.506 e. The molecule has 0 saturated carbocycles. The van der Waals surface area contributed by atoms with E-state index in [1.54, 1.807) is 23.3 Å². The molecule has 0 aliphatic carbocycles. The van der Waals surface area contributed by atoms with Crippen LogP contribution >= 0.6 is 11.3 Å². The van der Waals surface area contributed by atoms with Crippen molar-refractivity contribution in [1.29, 1.82) is 0 Å². The van der Waals surface area contributed by atoms with Crippen LogP contribution < -0.4 is 0 Å². The third-order valence-corrected chi connectivity index (χ3v) is 3.15. The number of rotatable bonds is 3. The molecule has 1 N–H and O–H groups in total. The minimum absolute atomic E-state index is 0.000346. The number of hydrogen-bond acceptors (Lipinski definition) is 4. The zero-order valence-electron chi connectivity index (χ0n) is 9.33. The number of aromatic nitrogens is 1. The minimum Gasteiger partial charge on any atom is -0.506 e. The number of aromatic hydroxyl groups is 1. The maximum atomic E-state index is 12.0. The summed E-state index contributed by atoms with van der Waals surface area (Å²) in [6.45, 7) is 0.562. The highest BCUT2D eigenvalue weighted by molar-refractivity contribution is 7.09. The van der Waals surface area contributed by atoms with Crippen molar-refractivity contribution < 1.29 is 9.90 Å². The van der Waals surface area contributed by atoms with Crippen molar-refractivity contribution in [2.75, 3.05) is 7.05 Å². The van der Waals surface area contributed by atoms with E-state index in [-0.39, 0.29) is 11.7 Å². The average molecular weight is 248 g/mol. The highest BCUT2D eigenvalue weighted by Gasteiger charge is 2.13. The quantitative estimate of drug-likeness (QED) is 0.905. The van der Waals surface area contributed by atoms with Crippen molar-refractivity contribution in [1.82, 2.24) is 9.88 Å². The lowest BCUT2D eigenvalue weighted by molar-refractivity contribution is 0.0785. The summed E-state index contributed by atoms with van der Waals surface area (Å²) in [5.41, 5.74) is 0.393. The van der Waals surface area contributed by atoms with E-state index in [0.29, 0.717) is 12.1 Å². The second-order valence-electron chi connectivity index (χ2n) is 3.67. The fourth-order valence-electron chi connectivity index (χ4n) is 1.47. The van der Waals surface area contributed by atoms with Crippen LogP contribution in [0.4, 0.5) is 0 Å². The summed E-state index contributed by atoms with van der Waals surface area (Å²) in [6.07, 6.45) is 2.75. The summed E-state index contributed by atoms with van der Waals surface area (Å²) in [7, 11) is 1.73. The summed E-state index contributed by atoms with van der Waals surface area (Å²) >= 11 is 1.61. The van der Waals surface area contributed by atoms with E-state index in [1.807, 2.05) is 17.5 Å². The lowest BCUT2D eigenvalue weighted by Gasteiger charge is -2.15. The molecule has 0 aliphatic rings. The molecule has 2 aromatic heterocycles. The Balaban J connectivity index is 2.09. The first-order valence-electron chi connectivity index (χ1n) is 5.08. The molecule has 1 amide bonds. The van der Waals surface area contributed by atoms with Gasteiger partial charge < -0.3 is 10.0 Å². The van der Waals surface area contributed by atoms with Crippen LogP contribution in [-0.4, -0.2) is 27.9 Å². The number of carbonyl (C=O) groups is 1.